The van der Waals surface area contributed by atoms with Crippen molar-refractivity contribution in [2.45, 2.75) is 18.6 Å². The third-order valence-corrected chi connectivity index (χ3v) is 6.20. The Hall–Kier alpha value is -4.78. The van der Waals surface area contributed by atoms with Crippen LogP contribution in [-0.2, 0) is 23.4 Å². The van der Waals surface area contributed by atoms with E-state index < -0.39 is 93.2 Å². The van der Waals surface area contributed by atoms with Crippen LogP contribution < -0.4 is 16.4 Å². The molecule has 17 nitrogen and oxygen atoms in total. The molecule has 1 aromatic heterocycles. The van der Waals surface area contributed by atoms with Gasteiger partial charge in [0.2, 0.25) is 28.9 Å². The molecular weight excluding hydrogens is 548 g/mol. The lowest BCUT2D eigenvalue weighted by Crippen LogP contribution is -2.39. The van der Waals surface area contributed by atoms with Crippen LogP contribution in [0, 0.1) is 0 Å². The van der Waals surface area contributed by atoms with Gasteiger partial charge in [-0.2, -0.15) is 0 Å². The summed E-state index contributed by atoms with van der Waals surface area (Å²) in [6, 6.07) is 0. The van der Waals surface area contributed by atoms with E-state index in [1.54, 1.807) is 0 Å². The highest BCUT2D eigenvalue weighted by molar-refractivity contribution is 7.17. The first kappa shape index (κ1) is 28.8. The SMILES string of the molecule is Nc1nc(CC(=O)Nc2c(O)c(O)c(C(O)(O)CNCCc3c(O)c(O)c(O)c(O)c3O)c(O)c2O)c(O)s1. The van der Waals surface area contributed by atoms with Gasteiger partial charge in [-0.25, -0.2) is 4.98 Å². The summed E-state index contributed by atoms with van der Waals surface area (Å²) in [5.74, 6) is -14.7. The molecule has 0 fully saturated rings. The van der Waals surface area contributed by atoms with E-state index in [1.807, 2.05) is 5.32 Å². The molecule has 0 atom stereocenters. The topological polar surface area (TPSA) is 323 Å². The maximum Gasteiger partial charge on any atom is 0.230 e. The van der Waals surface area contributed by atoms with Gasteiger partial charge < -0.3 is 77.6 Å². The molecule has 0 aliphatic carbocycles. The number of thiazole rings is 1. The number of hydrogen-bond donors (Lipinski definition) is 15. The predicted octanol–water partition coefficient (Wildman–Crippen LogP) is -1.07. The van der Waals surface area contributed by atoms with Crippen molar-refractivity contribution < 1.29 is 66.1 Å². The van der Waals surface area contributed by atoms with Crippen molar-refractivity contribution >= 4 is 28.1 Å². The molecule has 0 saturated carbocycles. The lowest BCUT2D eigenvalue weighted by atomic mass is 10.00. The molecule has 1 amide bonds. The highest BCUT2D eigenvalue weighted by Gasteiger charge is 2.38. The number of phenolic OH excluding ortho intramolecular Hbond substituents is 9. The summed E-state index contributed by atoms with van der Waals surface area (Å²) >= 11 is 0.688. The molecule has 0 aliphatic rings. The van der Waals surface area contributed by atoms with Crippen molar-refractivity contribution in [3.8, 4) is 56.8 Å². The quantitative estimate of drug-likeness (QED) is 0.0628. The second kappa shape index (κ2) is 10.5. The molecule has 3 rings (SSSR count). The summed E-state index contributed by atoms with van der Waals surface area (Å²) in [7, 11) is 0. The van der Waals surface area contributed by atoms with Crippen molar-refractivity contribution in [1.29, 1.82) is 0 Å². The van der Waals surface area contributed by atoms with Crippen LogP contribution >= 0.6 is 11.3 Å². The summed E-state index contributed by atoms with van der Waals surface area (Å²) in [4.78, 5) is 16.0. The van der Waals surface area contributed by atoms with Crippen LogP contribution in [0.25, 0.3) is 0 Å². The van der Waals surface area contributed by atoms with Gasteiger partial charge in [-0.3, -0.25) is 4.79 Å². The van der Waals surface area contributed by atoms with Gasteiger partial charge in [0.1, 0.15) is 16.9 Å². The number of nitrogen functional groups attached to an aromatic ring is 1. The molecule has 0 aliphatic heterocycles. The molecule has 212 valence electrons. The number of aromatic nitrogens is 1. The molecule has 39 heavy (non-hydrogen) atoms. The number of nitrogens with one attached hydrogen (secondary N) is 2. The summed E-state index contributed by atoms with van der Waals surface area (Å²) in [5.41, 5.74) is 2.80. The van der Waals surface area contributed by atoms with Crippen LogP contribution in [0.3, 0.4) is 0 Å². The molecule has 0 spiro atoms. The first-order valence-corrected chi connectivity index (χ1v) is 11.5. The number of anilines is 2. The normalized spacial score (nSPS) is 11.5. The third-order valence-electron chi connectivity index (χ3n) is 5.47. The van der Waals surface area contributed by atoms with Gasteiger partial charge in [0, 0.05) is 5.56 Å². The Bertz CT molecular complexity index is 1380. The monoisotopic (exact) mass is 572 g/mol. The van der Waals surface area contributed by atoms with Crippen molar-refractivity contribution in [2.75, 3.05) is 24.1 Å². The van der Waals surface area contributed by atoms with Gasteiger partial charge in [-0.15, -0.1) is 0 Å². The zero-order chi connectivity index (χ0) is 29.4. The average molecular weight is 573 g/mol. The fourth-order valence-corrected chi connectivity index (χ4v) is 4.13. The molecule has 3 aromatic rings. The van der Waals surface area contributed by atoms with Gasteiger partial charge in [0.05, 0.1) is 13.0 Å². The zero-order valence-electron chi connectivity index (χ0n) is 19.5. The Balaban J connectivity index is 1.76. The van der Waals surface area contributed by atoms with E-state index in [-0.39, 0.29) is 28.9 Å². The van der Waals surface area contributed by atoms with E-state index >= 15 is 0 Å². The molecular formula is C21H24N4O13S. The van der Waals surface area contributed by atoms with Gasteiger partial charge in [0.25, 0.3) is 0 Å². The minimum atomic E-state index is -3.18. The number of carbonyl (C=O) groups excluding carboxylic acids is 1. The fourth-order valence-electron chi connectivity index (χ4n) is 3.54. The Labute approximate surface area is 221 Å². The number of carbonyl (C=O) groups is 1. The van der Waals surface area contributed by atoms with E-state index in [9.17, 15) is 66.1 Å². The van der Waals surface area contributed by atoms with Gasteiger partial charge in [0.15, 0.2) is 44.7 Å². The maximum atomic E-state index is 12.3. The van der Waals surface area contributed by atoms with E-state index in [1.165, 1.54) is 0 Å². The first-order valence-electron chi connectivity index (χ1n) is 10.7. The minimum Gasteiger partial charge on any atom is -0.504 e. The second-order valence-electron chi connectivity index (χ2n) is 8.14. The smallest absolute Gasteiger partial charge is 0.230 e. The fraction of sp³-hybridized carbons (Fsp3) is 0.238. The van der Waals surface area contributed by atoms with E-state index in [2.05, 4.69) is 10.3 Å². The summed E-state index contributed by atoms with van der Waals surface area (Å²) in [6.07, 6.45) is -0.952. The standard InChI is InChI=1S/C21H24N4O13S/c22-20-24-6(19(36)39-20)3-7(26)25-9-14(31)12(29)8(13(30)15(9)32)21(37,38)4-23-2-1-5-10(27)16(33)18(35)17(34)11(5)28/h23,27-38H,1-4H2,(H2,22,24)(H,25,26). The highest BCUT2D eigenvalue weighted by Crippen LogP contribution is 2.53. The van der Waals surface area contributed by atoms with Crippen LogP contribution in [-0.4, -0.2) is 85.3 Å². The number of benzene rings is 2. The Morgan fingerprint density at radius 2 is 1.31 bits per heavy atom. The number of aliphatic hydroxyl groups is 2. The summed E-state index contributed by atoms with van der Waals surface area (Å²) in [5, 5.41) is 124. The van der Waals surface area contributed by atoms with Crippen LogP contribution in [0.5, 0.6) is 56.8 Å². The molecule has 0 bridgehead atoms. The van der Waals surface area contributed by atoms with Crippen LogP contribution in [0.15, 0.2) is 0 Å². The molecule has 0 radical (unpaired) electrons. The number of amides is 1. The number of nitrogens with two attached hydrogens (primary N) is 1. The largest absolute Gasteiger partial charge is 0.504 e. The molecule has 0 saturated heterocycles. The van der Waals surface area contributed by atoms with Crippen LogP contribution in [0.4, 0.5) is 10.8 Å². The maximum absolute atomic E-state index is 12.3. The molecule has 2 aromatic carbocycles. The Morgan fingerprint density at radius 1 is 0.795 bits per heavy atom. The lowest BCUT2D eigenvalue weighted by molar-refractivity contribution is -0.167. The third kappa shape index (κ3) is 5.43. The van der Waals surface area contributed by atoms with Crippen molar-refractivity contribution in [1.82, 2.24) is 10.3 Å². The van der Waals surface area contributed by atoms with E-state index in [0.29, 0.717) is 11.3 Å². The van der Waals surface area contributed by atoms with Gasteiger partial charge in [-0.1, -0.05) is 11.3 Å². The highest BCUT2D eigenvalue weighted by atomic mass is 32.1. The van der Waals surface area contributed by atoms with Crippen LogP contribution in [0.1, 0.15) is 16.8 Å². The number of hydrogen-bond acceptors (Lipinski definition) is 17. The number of nitrogens with zero attached hydrogens (tertiary/aromatic N) is 1. The van der Waals surface area contributed by atoms with E-state index in [0.717, 1.165) is 0 Å². The van der Waals surface area contributed by atoms with Gasteiger partial charge in [-0.05, 0) is 13.0 Å². The molecule has 1 heterocycles. The predicted molar refractivity (Wildman–Crippen MR) is 131 cm³/mol. The lowest BCUT2D eigenvalue weighted by Gasteiger charge is -2.26. The first-order chi connectivity index (χ1) is 18.1. The number of rotatable bonds is 9. The van der Waals surface area contributed by atoms with Crippen molar-refractivity contribution in [3.63, 3.8) is 0 Å². The average Bonchev–Trinajstić information content (AvgIpc) is 3.18. The van der Waals surface area contributed by atoms with Crippen molar-refractivity contribution in [2.24, 2.45) is 0 Å². The Kier molecular flexibility index (Phi) is 7.77. The minimum absolute atomic E-state index is 0.0376. The number of phenols is 9. The second-order valence-corrected chi connectivity index (χ2v) is 9.15. The van der Waals surface area contributed by atoms with Crippen LogP contribution in [0.2, 0.25) is 0 Å². The molecule has 18 heteroatoms. The zero-order valence-corrected chi connectivity index (χ0v) is 20.4. The summed E-state index contributed by atoms with van der Waals surface area (Å²) < 4.78 is 0. The van der Waals surface area contributed by atoms with Crippen molar-refractivity contribution in [3.05, 3.63) is 16.8 Å². The molecule has 0 unspecified atom stereocenters. The Morgan fingerprint density at radius 3 is 1.79 bits per heavy atom. The molecule has 16 N–H and O–H groups in total. The number of aromatic hydroxyl groups is 10. The van der Waals surface area contributed by atoms with Gasteiger partial charge >= 0.3 is 0 Å². The van der Waals surface area contributed by atoms with E-state index in [4.69, 9.17) is 5.73 Å². The summed E-state index contributed by atoms with van der Waals surface area (Å²) in [6.45, 7) is -1.23.